The van der Waals surface area contributed by atoms with Crippen molar-refractivity contribution in [3.63, 3.8) is 0 Å². The molecule has 2 heterocycles. The summed E-state index contributed by atoms with van der Waals surface area (Å²) in [6.45, 7) is 2.27. The molecule has 1 unspecified atom stereocenters. The summed E-state index contributed by atoms with van der Waals surface area (Å²) in [5, 5.41) is 1.20. The number of aromatic nitrogens is 1. The predicted molar refractivity (Wildman–Crippen MR) is 175 cm³/mol. The van der Waals surface area contributed by atoms with Crippen LogP contribution in [0.3, 0.4) is 0 Å². The minimum Gasteiger partial charge on any atom is -0.489 e. The van der Waals surface area contributed by atoms with Crippen molar-refractivity contribution >= 4 is 52.3 Å². The number of hydrogen-bond acceptors (Lipinski definition) is 6. The van der Waals surface area contributed by atoms with Crippen LogP contribution < -0.4 is 19.6 Å². The zero-order chi connectivity index (χ0) is 30.6. The molecule has 0 N–H and O–H groups in total. The van der Waals surface area contributed by atoms with Crippen molar-refractivity contribution in [2.24, 2.45) is 4.99 Å². The fourth-order valence-corrected chi connectivity index (χ4v) is 6.31. The lowest BCUT2D eigenvalue weighted by Crippen LogP contribution is -2.40. The number of carbonyl (C=O) groups excluding carboxylic acids is 1. The maximum absolute atomic E-state index is 14.0. The van der Waals surface area contributed by atoms with Crippen molar-refractivity contribution in [3.05, 3.63) is 161 Å². The lowest BCUT2D eigenvalue weighted by atomic mass is 9.93. The number of benzene rings is 4. The van der Waals surface area contributed by atoms with Gasteiger partial charge in [0.05, 0.1) is 28.5 Å². The molecule has 1 aliphatic rings. The van der Waals surface area contributed by atoms with E-state index in [9.17, 15) is 9.59 Å². The lowest BCUT2D eigenvalue weighted by Gasteiger charge is -2.25. The molecule has 0 bridgehead atoms. The maximum atomic E-state index is 14.0. The monoisotopic (exact) mass is 640 g/mol. The molecule has 44 heavy (non-hydrogen) atoms. The van der Waals surface area contributed by atoms with Crippen LogP contribution in [0.25, 0.3) is 11.8 Å². The number of fused-ring (bicyclic) bond motifs is 1. The quantitative estimate of drug-likeness (QED) is 0.175. The SMILES string of the molecule is CCOC(=O)C1=C(c2ccccc2)N=c2s/c(=C/c3ccc(OCc4ccccc4Cl)cc3)c(=O)n2C1c1ccc(Cl)cc1. The molecule has 1 atom stereocenters. The Morgan fingerprint density at radius 1 is 0.932 bits per heavy atom. The molecule has 6 nitrogen and oxygen atoms in total. The van der Waals surface area contributed by atoms with Gasteiger partial charge in [0.2, 0.25) is 0 Å². The fourth-order valence-electron chi connectivity index (χ4n) is 4.99. The Balaban J connectivity index is 1.43. The normalized spacial score (nSPS) is 14.6. The summed E-state index contributed by atoms with van der Waals surface area (Å²) in [5.41, 5.74) is 3.67. The van der Waals surface area contributed by atoms with Crippen LogP contribution in [0.15, 0.2) is 118 Å². The largest absolute Gasteiger partial charge is 0.489 e. The van der Waals surface area contributed by atoms with Gasteiger partial charge in [0.1, 0.15) is 12.4 Å². The average molecular weight is 642 g/mol. The first-order valence-electron chi connectivity index (χ1n) is 13.9. The highest BCUT2D eigenvalue weighted by molar-refractivity contribution is 7.07. The molecular formula is C35H26Cl2N2O4S. The third-order valence-corrected chi connectivity index (χ3v) is 8.69. The number of esters is 1. The van der Waals surface area contributed by atoms with Crippen LogP contribution in [0.5, 0.6) is 5.75 Å². The zero-order valence-electron chi connectivity index (χ0n) is 23.6. The summed E-state index contributed by atoms with van der Waals surface area (Å²) in [5.74, 6) is 0.148. The fraction of sp³-hybridized carbons (Fsp3) is 0.114. The van der Waals surface area contributed by atoms with E-state index >= 15 is 0 Å². The summed E-state index contributed by atoms with van der Waals surface area (Å²) >= 11 is 13.7. The molecule has 5 aromatic rings. The molecule has 1 aromatic heterocycles. The van der Waals surface area contributed by atoms with Gasteiger partial charge in [0, 0.05) is 21.2 Å². The van der Waals surface area contributed by atoms with E-state index in [4.69, 9.17) is 37.7 Å². The second-order valence-electron chi connectivity index (χ2n) is 9.93. The minimum atomic E-state index is -0.763. The van der Waals surface area contributed by atoms with E-state index in [-0.39, 0.29) is 12.2 Å². The molecule has 0 amide bonds. The van der Waals surface area contributed by atoms with Gasteiger partial charge in [-0.15, -0.1) is 0 Å². The summed E-state index contributed by atoms with van der Waals surface area (Å²) in [6, 6.07) is 30.8. The van der Waals surface area contributed by atoms with Crippen molar-refractivity contribution in [1.29, 1.82) is 0 Å². The van der Waals surface area contributed by atoms with Crippen LogP contribution in [-0.2, 0) is 16.1 Å². The van der Waals surface area contributed by atoms with Gasteiger partial charge in [-0.2, -0.15) is 0 Å². The number of nitrogens with zero attached hydrogens (tertiary/aromatic N) is 2. The molecule has 0 aliphatic carbocycles. The zero-order valence-corrected chi connectivity index (χ0v) is 25.9. The van der Waals surface area contributed by atoms with Crippen molar-refractivity contribution in [2.75, 3.05) is 6.61 Å². The molecule has 9 heteroatoms. The summed E-state index contributed by atoms with van der Waals surface area (Å²) in [7, 11) is 0. The molecule has 220 valence electrons. The van der Waals surface area contributed by atoms with Gasteiger partial charge < -0.3 is 9.47 Å². The van der Waals surface area contributed by atoms with Crippen molar-refractivity contribution < 1.29 is 14.3 Å². The molecule has 0 saturated carbocycles. The Kier molecular flexibility index (Phi) is 8.79. The Morgan fingerprint density at radius 3 is 2.34 bits per heavy atom. The molecule has 0 radical (unpaired) electrons. The molecule has 0 saturated heterocycles. The second-order valence-corrected chi connectivity index (χ2v) is 11.8. The minimum absolute atomic E-state index is 0.181. The van der Waals surface area contributed by atoms with Crippen LogP contribution in [0, 0.1) is 0 Å². The van der Waals surface area contributed by atoms with E-state index in [0.29, 0.717) is 48.6 Å². The maximum Gasteiger partial charge on any atom is 0.338 e. The van der Waals surface area contributed by atoms with E-state index in [2.05, 4.69) is 0 Å². The second kappa shape index (κ2) is 13.1. The first-order chi connectivity index (χ1) is 21.4. The molecule has 0 spiro atoms. The predicted octanol–water partition coefficient (Wildman–Crippen LogP) is 6.82. The van der Waals surface area contributed by atoms with Crippen LogP contribution in [0.2, 0.25) is 10.0 Å². The Hall–Kier alpha value is -4.43. The van der Waals surface area contributed by atoms with Crippen LogP contribution >= 0.6 is 34.5 Å². The van der Waals surface area contributed by atoms with Crippen molar-refractivity contribution in [2.45, 2.75) is 19.6 Å². The van der Waals surface area contributed by atoms with E-state index in [1.807, 2.05) is 97.1 Å². The number of rotatable bonds is 8. The number of halogens is 2. The first kappa shape index (κ1) is 29.6. The van der Waals surface area contributed by atoms with E-state index in [1.54, 1.807) is 23.6 Å². The average Bonchev–Trinajstić information content (AvgIpc) is 3.35. The van der Waals surface area contributed by atoms with Gasteiger partial charge in [-0.25, -0.2) is 9.79 Å². The number of ether oxygens (including phenoxy) is 2. The van der Waals surface area contributed by atoms with Gasteiger partial charge in [0.25, 0.3) is 5.56 Å². The van der Waals surface area contributed by atoms with Crippen LogP contribution in [-0.4, -0.2) is 17.1 Å². The Morgan fingerprint density at radius 2 is 1.64 bits per heavy atom. The van der Waals surface area contributed by atoms with Gasteiger partial charge in [-0.05, 0) is 54.5 Å². The highest BCUT2D eigenvalue weighted by atomic mass is 35.5. The van der Waals surface area contributed by atoms with Gasteiger partial charge in [-0.1, -0.05) is 107 Å². The summed E-state index contributed by atoms with van der Waals surface area (Å²) in [4.78, 5) is 32.9. The molecular weight excluding hydrogens is 615 g/mol. The standard InChI is InChI=1S/C35H26Cl2N2O4S/c1-2-42-34(41)30-31(23-8-4-3-5-9-23)38-35-39(32(30)24-14-16-26(36)17-15-24)33(40)29(44-35)20-22-12-18-27(19-13-22)43-21-25-10-6-7-11-28(25)37/h3-20,32H,2,21H2,1H3/b29-20+. The number of hydrogen-bond donors (Lipinski definition) is 0. The summed E-state index contributed by atoms with van der Waals surface area (Å²) in [6.07, 6.45) is 1.82. The molecule has 0 fully saturated rings. The van der Waals surface area contributed by atoms with Crippen molar-refractivity contribution in [3.8, 4) is 5.75 Å². The highest BCUT2D eigenvalue weighted by Gasteiger charge is 2.35. The summed E-state index contributed by atoms with van der Waals surface area (Å²) < 4.78 is 13.5. The number of carbonyl (C=O) groups is 1. The first-order valence-corrected chi connectivity index (χ1v) is 15.5. The molecule has 1 aliphatic heterocycles. The highest BCUT2D eigenvalue weighted by Crippen LogP contribution is 2.35. The van der Waals surface area contributed by atoms with E-state index in [1.165, 1.54) is 11.3 Å². The van der Waals surface area contributed by atoms with E-state index in [0.717, 1.165) is 16.7 Å². The third-order valence-electron chi connectivity index (χ3n) is 7.09. The Labute approximate surface area is 267 Å². The smallest absolute Gasteiger partial charge is 0.338 e. The van der Waals surface area contributed by atoms with Crippen molar-refractivity contribution in [1.82, 2.24) is 4.57 Å². The number of thiazole rings is 1. The van der Waals surface area contributed by atoms with Gasteiger partial charge in [-0.3, -0.25) is 9.36 Å². The van der Waals surface area contributed by atoms with E-state index < -0.39 is 12.0 Å². The molecule has 4 aromatic carbocycles. The Bertz CT molecular complexity index is 2030. The molecule has 6 rings (SSSR count). The van der Waals surface area contributed by atoms with Crippen LogP contribution in [0.1, 0.15) is 35.2 Å². The third kappa shape index (κ3) is 6.13. The van der Waals surface area contributed by atoms with Gasteiger partial charge in [0.15, 0.2) is 4.80 Å². The lowest BCUT2D eigenvalue weighted by molar-refractivity contribution is -0.138. The van der Waals surface area contributed by atoms with Crippen LogP contribution in [0.4, 0.5) is 0 Å². The topological polar surface area (TPSA) is 69.9 Å². The van der Waals surface area contributed by atoms with Gasteiger partial charge >= 0.3 is 5.97 Å².